The fraction of sp³-hybridized carbons (Fsp3) is 0.667. The van der Waals surface area contributed by atoms with E-state index >= 15 is 0 Å². The lowest BCUT2D eigenvalue weighted by Gasteiger charge is -2.32. The average molecular weight is 214 g/mol. The molecule has 0 amide bonds. The lowest BCUT2D eigenvalue weighted by atomic mass is 9.89. The van der Waals surface area contributed by atoms with Crippen LogP contribution in [0.2, 0.25) is 0 Å². The molecule has 0 aromatic heterocycles. The zero-order valence-electron chi connectivity index (χ0n) is 9.55. The Labute approximate surface area is 92.4 Å². The van der Waals surface area contributed by atoms with Crippen LogP contribution in [0.1, 0.15) is 27.7 Å². The first kappa shape index (κ1) is 11.6. The van der Waals surface area contributed by atoms with Crippen molar-refractivity contribution in [2.75, 3.05) is 13.1 Å². The Morgan fingerprint density at radius 1 is 1.43 bits per heavy atom. The van der Waals surface area contributed by atoms with E-state index in [1.54, 1.807) is 0 Å². The Morgan fingerprint density at radius 3 is 2.43 bits per heavy atom. The number of nitrogens with zero attached hydrogens (tertiary/aromatic N) is 1. The van der Waals surface area contributed by atoms with Gasteiger partial charge >= 0.3 is 0 Å². The first-order valence-corrected chi connectivity index (χ1v) is 5.74. The molecule has 0 saturated carbocycles. The molecule has 14 heavy (non-hydrogen) atoms. The minimum atomic E-state index is -0.212. The number of halogens is 1. The average Bonchev–Trinajstić information content (AvgIpc) is 2.13. The molecule has 80 valence electrons. The summed E-state index contributed by atoms with van der Waals surface area (Å²) < 4.78 is 0. The minimum Gasteiger partial charge on any atom is -0.372 e. The molecule has 2 unspecified atom stereocenters. The molecule has 0 fully saturated rings. The number of hydrogen-bond donors (Lipinski definition) is 0. The zero-order valence-corrected chi connectivity index (χ0v) is 10.3. The summed E-state index contributed by atoms with van der Waals surface area (Å²) in [6.45, 7) is 10.7. The van der Waals surface area contributed by atoms with Crippen LogP contribution in [0.25, 0.3) is 0 Å². The molecule has 2 atom stereocenters. The first-order chi connectivity index (χ1) is 6.51. The topological polar surface area (TPSA) is 3.24 Å². The van der Waals surface area contributed by atoms with E-state index in [4.69, 9.17) is 11.6 Å². The van der Waals surface area contributed by atoms with E-state index in [9.17, 15) is 0 Å². The summed E-state index contributed by atoms with van der Waals surface area (Å²) in [4.78, 5) is 2.13. The molecule has 0 spiro atoms. The number of likely N-dealkylation sites (N-methyl/N-ethyl adjacent to an activating group) is 1. The summed E-state index contributed by atoms with van der Waals surface area (Å²) in [6.07, 6.45) is 6.51. The molecular formula is C12H20ClN. The van der Waals surface area contributed by atoms with Gasteiger partial charge in [0.1, 0.15) is 0 Å². The van der Waals surface area contributed by atoms with Crippen LogP contribution in [0.5, 0.6) is 0 Å². The molecule has 0 heterocycles. The van der Waals surface area contributed by atoms with E-state index < -0.39 is 0 Å². The summed E-state index contributed by atoms with van der Waals surface area (Å²) in [7, 11) is 0. The lowest BCUT2D eigenvalue weighted by molar-refractivity contribution is 0.383. The monoisotopic (exact) mass is 213 g/mol. The Bertz CT molecular complexity index is 249. The number of hydrogen-bond acceptors (Lipinski definition) is 1. The Morgan fingerprint density at radius 2 is 2.00 bits per heavy atom. The minimum absolute atomic E-state index is 0.212. The largest absolute Gasteiger partial charge is 0.372 e. The van der Waals surface area contributed by atoms with Crippen molar-refractivity contribution in [2.24, 2.45) is 5.92 Å². The maximum Gasteiger partial charge on any atom is 0.0662 e. The molecule has 0 radical (unpaired) electrons. The molecule has 0 aromatic rings. The second-order valence-corrected chi connectivity index (χ2v) is 4.85. The number of rotatable bonds is 3. The predicted octanol–water partition coefficient (Wildman–Crippen LogP) is 3.42. The van der Waals surface area contributed by atoms with Crippen molar-refractivity contribution in [1.82, 2.24) is 4.90 Å². The molecule has 1 aliphatic carbocycles. The Hall–Kier alpha value is -0.430. The standard InChI is InChI=1S/C12H20ClN/c1-5-14(6-2)11-7-8-12(4,13)10(3)9-11/h7-10H,5-6H2,1-4H3. The van der Waals surface area contributed by atoms with Gasteiger partial charge in [-0.1, -0.05) is 19.1 Å². The molecule has 1 aliphatic rings. The molecular weight excluding hydrogens is 194 g/mol. The van der Waals surface area contributed by atoms with Gasteiger partial charge in [0, 0.05) is 18.8 Å². The van der Waals surface area contributed by atoms with Crippen LogP contribution < -0.4 is 0 Å². The van der Waals surface area contributed by atoms with Gasteiger partial charge in [-0.2, -0.15) is 0 Å². The quantitative estimate of drug-likeness (QED) is 0.650. The molecule has 0 saturated heterocycles. The SMILES string of the molecule is CCN(CC)C1=CC(C)C(C)(Cl)C=C1. The summed E-state index contributed by atoms with van der Waals surface area (Å²) >= 11 is 6.33. The van der Waals surface area contributed by atoms with Crippen molar-refractivity contribution in [3.63, 3.8) is 0 Å². The van der Waals surface area contributed by atoms with Crippen LogP contribution in [0.15, 0.2) is 23.9 Å². The third-order valence-corrected chi connectivity index (χ3v) is 3.49. The van der Waals surface area contributed by atoms with E-state index in [2.05, 4.69) is 50.8 Å². The van der Waals surface area contributed by atoms with Crippen LogP contribution >= 0.6 is 11.6 Å². The summed E-state index contributed by atoms with van der Waals surface area (Å²) in [5, 5.41) is 0. The van der Waals surface area contributed by atoms with Gasteiger partial charge < -0.3 is 4.90 Å². The zero-order chi connectivity index (χ0) is 10.8. The third-order valence-electron chi connectivity index (χ3n) is 3.02. The fourth-order valence-electron chi connectivity index (χ4n) is 1.67. The smallest absolute Gasteiger partial charge is 0.0662 e. The number of allylic oxidation sites excluding steroid dienone is 3. The van der Waals surface area contributed by atoms with Gasteiger partial charge in [0.05, 0.1) is 4.87 Å². The fourth-order valence-corrected chi connectivity index (χ4v) is 1.80. The van der Waals surface area contributed by atoms with E-state index in [1.165, 1.54) is 5.70 Å². The van der Waals surface area contributed by atoms with Crippen molar-refractivity contribution in [2.45, 2.75) is 32.6 Å². The normalized spacial score (nSPS) is 31.5. The van der Waals surface area contributed by atoms with E-state index in [-0.39, 0.29) is 4.87 Å². The van der Waals surface area contributed by atoms with Crippen LogP contribution in [-0.2, 0) is 0 Å². The van der Waals surface area contributed by atoms with Gasteiger partial charge in [-0.05, 0) is 32.8 Å². The second-order valence-electron chi connectivity index (χ2n) is 4.04. The van der Waals surface area contributed by atoms with Crippen LogP contribution in [-0.4, -0.2) is 22.9 Å². The molecule has 0 N–H and O–H groups in total. The van der Waals surface area contributed by atoms with Gasteiger partial charge in [0.2, 0.25) is 0 Å². The highest BCUT2D eigenvalue weighted by Crippen LogP contribution is 2.33. The van der Waals surface area contributed by atoms with Crippen molar-refractivity contribution in [3.8, 4) is 0 Å². The summed E-state index contributed by atoms with van der Waals surface area (Å²) in [5.41, 5.74) is 1.31. The van der Waals surface area contributed by atoms with Crippen LogP contribution in [0, 0.1) is 5.92 Å². The van der Waals surface area contributed by atoms with E-state index in [0.29, 0.717) is 5.92 Å². The van der Waals surface area contributed by atoms with Gasteiger partial charge in [-0.25, -0.2) is 0 Å². The molecule has 1 rings (SSSR count). The van der Waals surface area contributed by atoms with Crippen LogP contribution in [0.4, 0.5) is 0 Å². The van der Waals surface area contributed by atoms with Crippen molar-refractivity contribution in [3.05, 3.63) is 23.9 Å². The van der Waals surface area contributed by atoms with Crippen molar-refractivity contribution in [1.29, 1.82) is 0 Å². The summed E-state index contributed by atoms with van der Waals surface area (Å²) in [5.74, 6) is 0.393. The van der Waals surface area contributed by atoms with Gasteiger partial charge in [0.25, 0.3) is 0 Å². The van der Waals surface area contributed by atoms with Gasteiger partial charge in [-0.3, -0.25) is 0 Å². The molecule has 1 nitrogen and oxygen atoms in total. The van der Waals surface area contributed by atoms with E-state index in [1.807, 2.05) is 0 Å². The molecule has 2 heteroatoms. The van der Waals surface area contributed by atoms with E-state index in [0.717, 1.165) is 13.1 Å². The maximum atomic E-state index is 6.33. The Balaban J connectivity index is 2.81. The molecule has 0 bridgehead atoms. The second kappa shape index (κ2) is 4.39. The predicted molar refractivity (Wildman–Crippen MR) is 63.6 cm³/mol. The Kier molecular flexibility index (Phi) is 3.65. The lowest BCUT2D eigenvalue weighted by Crippen LogP contribution is -2.29. The highest BCUT2D eigenvalue weighted by Gasteiger charge is 2.27. The first-order valence-electron chi connectivity index (χ1n) is 5.36. The third kappa shape index (κ3) is 2.33. The van der Waals surface area contributed by atoms with Crippen LogP contribution in [0.3, 0.4) is 0 Å². The maximum absolute atomic E-state index is 6.33. The highest BCUT2D eigenvalue weighted by atomic mass is 35.5. The van der Waals surface area contributed by atoms with Crippen molar-refractivity contribution >= 4 is 11.6 Å². The number of alkyl halides is 1. The van der Waals surface area contributed by atoms with Gasteiger partial charge in [0.15, 0.2) is 0 Å². The summed E-state index contributed by atoms with van der Waals surface area (Å²) in [6, 6.07) is 0. The van der Waals surface area contributed by atoms with Crippen molar-refractivity contribution < 1.29 is 0 Å². The molecule has 0 aliphatic heterocycles. The molecule has 0 aromatic carbocycles. The van der Waals surface area contributed by atoms with Gasteiger partial charge in [-0.15, -0.1) is 11.6 Å². The highest BCUT2D eigenvalue weighted by molar-refractivity contribution is 6.25.